The highest BCUT2D eigenvalue weighted by atomic mass is 16.2. The number of hydrogen-bond acceptors (Lipinski definition) is 3. The minimum absolute atomic E-state index is 0.196. The number of carbonyl (C=O) groups excluding carboxylic acids is 1. The lowest BCUT2D eigenvalue weighted by atomic mass is 10.1. The van der Waals surface area contributed by atoms with Crippen molar-refractivity contribution in [3.05, 3.63) is 35.4 Å². The Kier molecular flexibility index (Phi) is 5.35. The molecule has 1 aliphatic heterocycles. The molecule has 1 aliphatic rings. The molecule has 0 saturated carbocycles. The summed E-state index contributed by atoms with van der Waals surface area (Å²) >= 11 is 0. The Morgan fingerprint density at radius 2 is 2.05 bits per heavy atom. The van der Waals surface area contributed by atoms with Crippen molar-refractivity contribution in [2.45, 2.75) is 32.2 Å². The normalized spacial score (nSPS) is 19.9. The first-order valence-electron chi connectivity index (χ1n) is 7.61. The third-order valence-electron chi connectivity index (χ3n) is 4.13. The largest absolute Gasteiger partial charge is 0.338 e. The van der Waals surface area contributed by atoms with Gasteiger partial charge in [0.1, 0.15) is 0 Å². The van der Waals surface area contributed by atoms with E-state index in [-0.39, 0.29) is 5.91 Å². The van der Waals surface area contributed by atoms with Crippen LogP contribution < -0.4 is 0 Å². The van der Waals surface area contributed by atoms with E-state index in [9.17, 15) is 4.79 Å². The topological polar surface area (TPSA) is 47.3 Å². The maximum Gasteiger partial charge on any atom is 0.227 e. The molecule has 1 aromatic rings. The molecule has 1 heterocycles. The molecule has 112 valence electrons. The summed E-state index contributed by atoms with van der Waals surface area (Å²) < 4.78 is 0. The lowest BCUT2D eigenvalue weighted by Gasteiger charge is -2.30. The van der Waals surface area contributed by atoms with Crippen LogP contribution in [0.25, 0.3) is 0 Å². The van der Waals surface area contributed by atoms with E-state index in [2.05, 4.69) is 24.9 Å². The second-order valence-corrected chi connectivity index (χ2v) is 5.75. The Bertz CT molecular complexity index is 518. The molecule has 0 spiro atoms. The van der Waals surface area contributed by atoms with Crippen molar-refractivity contribution in [3.63, 3.8) is 0 Å². The summed E-state index contributed by atoms with van der Waals surface area (Å²) in [4.78, 5) is 16.9. The van der Waals surface area contributed by atoms with Crippen LogP contribution in [0, 0.1) is 11.3 Å². The van der Waals surface area contributed by atoms with Crippen LogP contribution in [-0.4, -0.2) is 48.4 Å². The van der Waals surface area contributed by atoms with Crippen LogP contribution in [0.5, 0.6) is 0 Å². The third kappa shape index (κ3) is 4.05. The second-order valence-electron chi connectivity index (χ2n) is 5.75. The smallest absolute Gasteiger partial charge is 0.227 e. The van der Waals surface area contributed by atoms with Gasteiger partial charge in [0.2, 0.25) is 5.91 Å². The van der Waals surface area contributed by atoms with Crippen LogP contribution in [0.3, 0.4) is 0 Å². The predicted molar refractivity (Wildman–Crippen MR) is 82.8 cm³/mol. The molecule has 0 aliphatic carbocycles. The fourth-order valence-electron chi connectivity index (χ4n) is 2.89. The third-order valence-corrected chi connectivity index (χ3v) is 4.13. The fourth-order valence-corrected chi connectivity index (χ4v) is 2.89. The molecule has 1 unspecified atom stereocenters. The number of carbonyl (C=O) groups is 1. The number of benzene rings is 1. The maximum atomic E-state index is 12.6. The van der Waals surface area contributed by atoms with Gasteiger partial charge in [-0.3, -0.25) is 4.79 Å². The van der Waals surface area contributed by atoms with Crippen LogP contribution >= 0.6 is 0 Å². The molecule has 0 radical (unpaired) electrons. The zero-order valence-corrected chi connectivity index (χ0v) is 12.9. The molecule has 0 aromatic heterocycles. The second kappa shape index (κ2) is 7.24. The summed E-state index contributed by atoms with van der Waals surface area (Å²) in [6.45, 7) is 5.00. The highest BCUT2D eigenvalue weighted by molar-refractivity contribution is 5.79. The molecule has 0 bridgehead atoms. The molecule has 4 nitrogen and oxygen atoms in total. The highest BCUT2D eigenvalue weighted by Crippen LogP contribution is 2.14. The summed E-state index contributed by atoms with van der Waals surface area (Å²) in [6, 6.07) is 9.71. The lowest BCUT2D eigenvalue weighted by Crippen LogP contribution is -2.44. The molecule has 4 heteroatoms. The molecule has 21 heavy (non-hydrogen) atoms. The molecule has 0 N–H and O–H groups in total. The van der Waals surface area contributed by atoms with Gasteiger partial charge in [-0.05, 0) is 44.1 Å². The van der Waals surface area contributed by atoms with Crippen molar-refractivity contribution in [3.8, 4) is 6.07 Å². The van der Waals surface area contributed by atoms with E-state index in [0.29, 0.717) is 18.0 Å². The minimum Gasteiger partial charge on any atom is -0.338 e. The molecule has 2 rings (SSSR count). The SMILES string of the molecule is CCC1CN(C)CCCN1C(=O)Cc1ccc(C#N)cc1. The summed E-state index contributed by atoms with van der Waals surface area (Å²) in [7, 11) is 2.12. The van der Waals surface area contributed by atoms with Gasteiger partial charge in [0.05, 0.1) is 18.1 Å². The van der Waals surface area contributed by atoms with Gasteiger partial charge in [-0.2, -0.15) is 5.26 Å². The van der Waals surface area contributed by atoms with Gasteiger partial charge >= 0.3 is 0 Å². The Morgan fingerprint density at radius 1 is 1.33 bits per heavy atom. The molecule has 1 aromatic carbocycles. The molecule has 1 amide bonds. The molecule has 1 atom stereocenters. The van der Waals surface area contributed by atoms with Gasteiger partial charge in [0.15, 0.2) is 0 Å². The van der Waals surface area contributed by atoms with Gasteiger partial charge < -0.3 is 9.80 Å². The van der Waals surface area contributed by atoms with Gasteiger partial charge in [-0.25, -0.2) is 0 Å². The van der Waals surface area contributed by atoms with E-state index < -0.39 is 0 Å². The number of likely N-dealkylation sites (N-methyl/N-ethyl adjacent to an activating group) is 1. The summed E-state index contributed by atoms with van der Waals surface area (Å²) in [5, 5.41) is 8.81. The molecule has 1 fully saturated rings. The van der Waals surface area contributed by atoms with Crippen molar-refractivity contribution < 1.29 is 4.79 Å². The standard InChI is InChI=1S/C17H23N3O/c1-3-16-13-19(2)9-4-10-20(16)17(21)11-14-5-7-15(12-18)8-6-14/h5-8,16H,3-4,9-11,13H2,1-2H3. The van der Waals surface area contributed by atoms with E-state index in [1.54, 1.807) is 12.1 Å². The average molecular weight is 285 g/mol. The van der Waals surface area contributed by atoms with Crippen molar-refractivity contribution in [1.82, 2.24) is 9.80 Å². The summed E-state index contributed by atoms with van der Waals surface area (Å²) in [5.74, 6) is 0.196. The van der Waals surface area contributed by atoms with Crippen LogP contribution in [0.15, 0.2) is 24.3 Å². The molecule has 1 saturated heterocycles. The van der Waals surface area contributed by atoms with E-state index in [1.807, 2.05) is 17.0 Å². The number of hydrogen-bond donors (Lipinski definition) is 0. The minimum atomic E-state index is 0.196. The van der Waals surface area contributed by atoms with Crippen LogP contribution in [0.1, 0.15) is 30.9 Å². The summed E-state index contributed by atoms with van der Waals surface area (Å²) in [6.07, 6.45) is 2.45. The lowest BCUT2D eigenvalue weighted by molar-refractivity contribution is -0.132. The fraction of sp³-hybridized carbons (Fsp3) is 0.529. The van der Waals surface area contributed by atoms with Gasteiger partial charge in [-0.1, -0.05) is 19.1 Å². The average Bonchev–Trinajstić information content (AvgIpc) is 2.69. The number of amides is 1. The van der Waals surface area contributed by atoms with Crippen molar-refractivity contribution in [2.24, 2.45) is 0 Å². The molecular weight excluding hydrogens is 262 g/mol. The maximum absolute atomic E-state index is 12.6. The number of nitrogens with zero attached hydrogens (tertiary/aromatic N) is 3. The Balaban J connectivity index is 2.04. The number of rotatable bonds is 3. The van der Waals surface area contributed by atoms with Gasteiger partial charge in [-0.15, -0.1) is 0 Å². The van der Waals surface area contributed by atoms with E-state index >= 15 is 0 Å². The van der Waals surface area contributed by atoms with Gasteiger partial charge in [0, 0.05) is 19.1 Å². The first-order valence-corrected chi connectivity index (χ1v) is 7.61. The Labute approximate surface area is 127 Å². The quantitative estimate of drug-likeness (QED) is 0.854. The van der Waals surface area contributed by atoms with E-state index in [1.165, 1.54) is 0 Å². The zero-order chi connectivity index (χ0) is 15.2. The van der Waals surface area contributed by atoms with Crippen LogP contribution in [0.2, 0.25) is 0 Å². The van der Waals surface area contributed by atoms with Crippen molar-refractivity contribution >= 4 is 5.91 Å². The first kappa shape index (κ1) is 15.5. The summed E-state index contributed by atoms with van der Waals surface area (Å²) in [5.41, 5.74) is 1.61. The predicted octanol–water partition coefficient (Wildman–Crippen LogP) is 2.04. The zero-order valence-electron chi connectivity index (χ0n) is 12.9. The first-order chi connectivity index (χ1) is 10.1. The highest BCUT2D eigenvalue weighted by Gasteiger charge is 2.25. The van der Waals surface area contributed by atoms with Gasteiger partial charge in [0.25, 0.3) is 0 Å². The monoisotopic (exact) mass is 285 g/mol. The van der Waals surface area contributed by atoms with Crippen molar-refractivity contribution in [2.75, 3.05) is 26.7 Å². The van der Waals surface area contributed by atoms with Crippen LogP contribution in [-0.2, 0) is 11.2 Å². The number of nitriles is 1. The van der Waals surface area contributed by atoms with E-state index in [0.717, 1.165) is 38.0 Å². The van der Waals surface area contributed by atoms with Crippen LogP contribution in [0.4, 0.5) is 0 Å². The van der Waals surface area contributed by atoms with E-state index in [4.69, 9.17) is 5.26 Å². The Morgan fingerprint density at radius 3 is 2.67 bits per heavy atom. The molecular formula is C17H23N3O. The Hall–Kier alpha value is -1.86. The van der Waals surface area contributed by atoms with Crippen molar-refractivity contribution in [1.29, 1.82) is 5.26 Å².